The van der Waals surface area contributed by atoms with Crippen LogP contribution in [-0.4, -0.2) is 98.9 Å². The second kappa shape index (κ2) is 15.8. The molecule has 1 saturated heterocycles. The number of rotatable bonds is 12. The Hall–Kier alpha value is -1.54. The van der Waals surface area contributed by atoms with E-state index in [1.165, 1.54) is 12.0 Å². The van der Waals surface area contributed by atoms with Crippen molar-refractivity contribution in [2.75, 3.05) is 31.1 Å². The minimum Gasteiger partial charge on any atom is -0.481 e. The summed E-state index contributed by atoms with van der Waals surface area (Å²) in [6.45, 7) is 29.8. The molecule has 11 nitrogen and oxygen atoms in total. The predicted octanol–water partition coefficient (Wildman–Crippen LogP) is 7.46. The van der Waals surface area contributed by atoms with E-state index in [1.54, 1.807) is 13.8 Å². The van der Waals surface area contributed by atoms with Crippen LogP contribution < -0.4 is 10.0 Å². The van der Waals surface area contributed by atoms with Gasteiger partial charge < -0.3 is 15.2 Å². The molecule has 1 aliphatic heterocycles. The standard InChI is InChI=1S/C48H81N3O8S2/c1-29(2)32-15-20-48(49-28-36(31(5)50-61(57,58)30(3)4)51-23-25-60(55,56)26-24-51)22-21-46(11)33(40(32)48)13-14-38-45(10)18-17-39(44(8,9)37(45)16-19-47(38,46)12)59-42(54)35-27-34(41(52)53)43(35,6)7/h30-40,49-50H,1,13-28H2,2-12H3,(H,52,53)/t31?,32-,33+,34-,35+,36?,37-,38+,39-,40+,45-,46+,47+,48-/m0/s1. The zero-order valence-corrected chi connectivity index (χ0v) is 41.1. The number of aliphatic carboxylic acids is 1. The molecule has 7 fully saturated rings. The van der Waals surface area contributed by atoms with Crippen LogP contribution in [0, 0.1) is 68.5 Å². The molecule has 0 aromatic carbocycles. The van der Waals surface area contributed by atoms with Crippen molar-refractivity contribution < 1.29 is 36.3 Å². The Morgan fingerprint density at radius 3 is 2.08 bits per heavy atom. The number of carbonyl (C=O) groups is 2. The Morgan fingerprint density at radius 1 is 0.836 bits per heavy atom. The van der Waals surface area contributed by atoms with Crippen LogP contribution in [0.3, 0.4) is 0 Å². The molecule has 6 aliphatic carbocycles. The summed E-state index contributed by atoms with van der Waals surface area (Å²) < 4.78 is 60.8. The number of carboxylic acids is 1. The summed E-state index contributed by atoms with van der Waals surface area (Å²) in [6.07, 6.45) is 10.9. The molecule has 6 saturated carbocycles. The number of sulfone groups is 1. The number of hydrogen-bond donors (Lipinski definition) is 3. The van der Waals surface area contributed by atoms with E-state index in [0.717, 1.165) is 57.8 Å². The lowest BCUT2D eigenvalue weighted by Gasteiger charge is -2.73. The molecular weight excluding hydrogens is 811 g/mol. The molecular formula is C48H81N3O8S2. The maximum atomic E-state index is 13.7. The van der Waals surface area contributed by atoms with Gasteiger partial charge >= 0.3 is 11.9 Å². The first kappa shape index (κ1) is 47.4. The molecule has 0 radical (unpaired) electrons. The van der Waals surface area contributed by atoms with Crippen molar-refractivity contribution in [1.82, 2.24) is 14.9 Å². The van der Waals surface area contributed by atoms with Crippen molar-refractivity contribution in [1.29, 1.82) is 0 Å². The lowest BCUT2D eigenvalue weighted by molar-refractivity contribution is -0.248. The Morgan fingerprint density at radius 2 is 1.49 bits per heavy atom. The van der Waals surface area contributed by atoms with Crippen LogP contribution in [0.15, 0.2) is 12.2 Å². The highest BCUT2D eigenvalue weighted by molar-refractivity contribution is 7.91. The molecule has 0 spiro atoms. The highest BCUT2D eigenvalue weighted by Gasteiger charge is 2.71. The van der Waals surface area contributed by atoms with Crippen molar-refractivity contribution >= 4 is 31.8 Å². The van der Waals surface area contributed by atoms with Crippen molar-refractivity contribution in [3.63, 3.8) is 0 Å². The predicted molar refractivity (Wildman–Crippen MR) is 241 cm³/mol. The van der Waals surface area contributed by atoms with Crippen molar-refractivity contribution in [3.05, 3.63) is 12.2 Å². The third kappa shape index (κ3) is 7.61. The number of nitrogens with one attached hydrogen (secondary N) is 2. The first-order chi connectivity index (χ1) is 28.1. The van der Waals surface area contributed by atoms with Gasteiger partial charge in [0.05, 0.1) is 28.6 Å². The molecule has 7 rings (SSSR count). The van der Waals surface area contributed by atoms with E-state index in [1.807, 2.05) is 20.8 Å². The summed E-state index contributed by atoms with van der Waals surface area (Å²) >= 11 is 0. The lowest BCUT2D eigenvalue weighted by Crippen LogP contribution is -2.69. The average Bonchev–Trinajstić information content (AvgIpc) is 3.53. The molecule has 0 aromatic rings. The van der Waals surface area contributed by atoms with Crippen molar-refractivity contribution in [2.24, 2.45) is 68.5 Å². The summed E-state index contributed by atoms with van der Waals surface area (Å²) in [5.74, 6) is 0.478. The van der Waals surface area contributed by atoms with E-state index >= 15 is 0 Å². The average molecular weight is 892 g/mol. The fourth-order valence-corrected chi connectivity index (χ4v) is 18.2. The van der Waals surface area contributed by atoms with Gasteiger partial charge in [0.15, 0.2) is 9.84 Å². The van der Waals surface area contributed by atoms with Crippen LogP contribution in [0.4, 0.5) is 0 Å². The highest BCUT2D eigenvalue weighted by atomic mass is 32.2. The van der Waals surface area contributed by atoms with Crippen molar-refractivity contribution in [2.45, 2.75) is 176 Å². The first-order valence-electron chi connectivity index (χ1n) is 23.9. The van der Waals surface area contributed by atoms with Gasteiger partial charge in [0.1, 0.15) is 6.10 Å². The van der Waals surface area contributed by atoms with E-state index < -0.39 is 48.5 Å². The van der Waals surface area contributed by atoms with E-state index in [4.69, 9.17) is 4.74 Å². The van der Waals surface area contributed by atoms with Gasteiger partial charge in [0.25, 0.3) is 0 Å². The van der Waals surface area contributed by atoms with Crippen LogP contribution in [-0.2, 0) is 34.2 Å². The quantitative estimate of drug-likeness (QED) is 0.133. The third-order valence-electron chi connectivity index (χ3n) is 20.2. The topological polar surface area (TPSA) is 159 Å². The molecule has 13 heteroatoms. The molecule has 14 atom stereocenters. The number of hydrogen-bond acceptors (Lipinski definition) is 9. The molecule has 348 valence electrons. The van der Waals surface area contributed by atoms with Crippen LogP contribution >= 0.6 is 0 Å². The summed E-state index contributed by atoms with van der Waals surface area (Å²) in [6, 6.07) is -0.593. The number of carbonyl (C=O) groups excluding carboxylic acids is 1. The second-order valence-electron chi connectivity index (χ2n) is 23.8. The largest absolute Gasteiger partial charge is 0.481 e. The number of nitrogens with zero attached hydrogens (tertiary/aromatic N) is 1. The van der Waals surface area contributed by atoms with Crippen molar-refractivity contribution in [3.8, 4) is 0 Å². The maximum Gasteiger partial charge on any atom is 0.309 e. The zero-order chi connectivity index (χ0) is 45.1. The maximum absolute atomic E-state index is 13.7. The van der Waals surface area contributed by atoms with Gasteiger partial charge in [-0.2, -0.15) is 0 Å². The second-order valence-corrected chi connectivity index (χ2v) is 28.3. The van der Waals surface area contributed by atoms with E-state index in [0.29, 0.717) is 55.6 Å². The van der Waals surface area contributed by atoms with Gasteiger partial charge in [-0.25, -0.2) is 21.6 Å². The Balaban J connectivity index is 1.12. The van der Waals surface area contributed by atoms with Gasteiger partial charge in [-0.15, -0.1) is 0 Å². The normalized spacial score (nSPS) is 43.7. The SMILES string of the molecule is C=C(C)[C@@H]1CC[C@]2(NCC(C(C)NS(=O)(=O)C(C)C)N3CCS(=O)(=O)CC3)CC[C@]3(C)[C@H](CC[C@@H]4[C@@]5(C)CC[C@H](OC(=O)[C@H]6C[C@@H](C(=O)O)C6(C)C)C(C)(C)[C@@H]5CC[C@]43C)[C@@H]12. The molecule has 0 aromatic heterocycles. The minimum absolute atomic E-state index is 0.0926. The number of allylic oxidation sites excluding steroid dienone is 1. The molecule has 0 bridgehead atoms. The van der Waals surface area contributed by atoms with E-state index in [9.17, 15) is 31.5 Å². The van der Waals surface area contributed by atoms with Gasteiger partial charge in [0, 0.05) is 42.7 Å². The fourth-order valence-electron chi connectivity index (χ4n) is 16.1. The smallest absolute Gasteiger partial charge is 0.309 e. The van der Waals surface area contributed by atoms with Gasteiger partial charge in [-0.3, -0.25) is 14.5 Å². The highest BCUT2D eigenvalue weighted by Crippen LogP contribution is 2.76. The fraction of sp³-hybridized carbons (Fsp3) is 0.917. The van der Waals surface area contributed by atoms with Gasteiger partial charge in [-0.1, -0.05) is 60.6 Å². The van der Waals surface area contributed by atoms with Gasteiger partial charge in [0.2, 0.25) is 10.0 Å². The number of fused-ring (bicyclic) bond motifs is 7. The number of sulfonamides is 1. The van der Waals surface area contributed by atoms with Gasteiger partial charge in [-0.05, 0) is 150 Å². The lowest BCUT2D eigenvalue weighted by atomic mass is 9.32. The van der Waals surface area contributed by atoms with Crippen LogP contribution in [0.1, 0.15) is 147 Å². The molecule has 3 N–H and O–H groups in total. The zero-order valence-electron chi connectivity index (χ0n) is 39.4. The van der Waals surface area contributed by atoms with Crippen LogP contribution in [0.25, 0.3) is 0 Å². The molecule has 61 heavy (non-hydrogen) atoms. The summed E-state index contributed by atoms with van der Waals surface area (Å²) in [5, 5.41) is 13.3. The number of esters is 1. The Labute approximate surface area is 369 Å². The van der Waals surface area contributed by atoms with Crippen LogP contribution in [0.5, 0.6) is 0 Å². The Kier molecular flexibility index (Phi) is 12.3. The minimum atomic E-state index is -3.54. The summed E-state index contributed by atoms with van der Waals surface area (Å²) in [4.78, 5) is 27.7. The molecule has 1 heterocycles. The molecule has 2 unspecified atom stereocenters. The molecule has 7 aliphatic rings. The third-order valence-corrected chi connectivity index (χ3v) is 23.7. The summed E-state index contributed by atoms with van der Waals surface area (Å²) in [7, 11) is -6.65. The first-order valence-corrected chi connectivity index (χ1v) is 27.2. The number of ether oxygens (including phenoxy) is 1. The summed E-state index contributed by atoms with van der Waals surface area (Å²) in [5.41, 5.74) is 0.666. The van der Waals surface area contributed by atoms with Crippen LogP contribution in [0.2, 0.25) is 0 Å². The van der Waals surface area contributed by atoms with E-state index in [-0.39, 0.29) is 62.7 Å². The Bertz CT molecular complexity index is 1950. The molecule has 0 amide bonds. The van der Waals surface area contributed by atoms with E-state index in [2.05, 4.69) is 63.1 Å². The monoisotopic (exact) mass is 892 g/mol. The number of carboxylic acid groups (broad SMARTS) is 1.